The number of carbonyl (C=O) groups excluding carboxylic acids is 2. The van der Waals surface area contributed by atoms with Gasteiger partial charge in [0.1, 0.15) is 17.8 Å². The summed E-state index contributed by atoms with van der Waals surface area (Å²) in [5.41, 5.74) is -2.67. The van der Waals surface area contributed by atoms with E-state index in [4.69, 9.17) is 9.47 Å². The fourth-order valence-electron chi connectivity index (χ4n) is 3.55. The maximum atomic E-state index is 13.1. The van der Waals surface area contributed by atoms with Gasteiger partial charge in [0, 0.05) is 24.8 Å². The number of ether oxygens (including phenoxy) is 2. The fourth-order valence-corrected chi connectivity index (χ4v) is 3.55. The Bertz CT molecular complexity index is 837. The lowest BCUT2D eigenvalue weighted by Crippen LogP contribution is -2.54. The van der Waals surface area contributed by atoms with Crippen LogP contribution in [-0.4, -0.2) is 52.7 Å². The first-order valence-corrected chi connectivity index (χ1v) is 11.1. The van der Waals surface area contributed by atoms with Gasteiger partial charge in [0.15, 0.2) is 0 Å². The number of rotatable bonds is 6. The Kier molecular flexibility index (Phi) is 8.24. The number of nitrogens with zero attached hydrogens (tertiary/aromatic N) is 2. The fraction of sp³-hybridized carbons (Fsp3) is 0.696. The molecule has 10 heteroatoms. The minimum absolute atomic E-state index is 0.0823. The number of amides is 2. The van der Waals surface area contributed by atoms with E-state index in [0.29, 0.717) is 25.8 Å². The number of likely N-dealkylation sites (tertiary alicyclic amines) is 1. The van der Waals surface area contributed by atoms with Crippen LogP contribution in [0, 0.1) is 5.41 Å². The molecular weight excluding hydrogens is 439 g/mol. The number of nitrogens with one attached hydrogen (secondary N) is 1. The van der Waals surface area contributed by atoms with Crippen LogP contribution >= 0.6 is 0 Å². The molecule has 1 aromatic heterocycles. The Morgan fingerprint density at radius 2 is 1.88 bits per heavy atom. The molecule has 2 atom stereocenters. The minimum Gasteiger partial charge on any atom is -0.476 e. The van der Waals surface area contributed by atoms with Gasteiger partial charge in [0.2, 0.25) is 11.8 Å². The minimum atomic E-state index is -4.60. The van der Waals surface area contributed by atoms with Gasteiger partial charge in [-0.1, -0.05) is 6.92 Å². The highest BCUT2D eigenvalue weighted by Crippen LogP contribution is 2.35. The molecule has 186 valence electrons. The number of aromatic nitrogens is 1. The van der Waals surface area contributed by atoms with Crippen molar-refractivity contribution < 1.29 is 32.2 Å². The SMILES string of the molecule is CCC1CC(NC(=O)C(C)(C)COc2ncccc2C(F)(F)F)CCN1C(=O)OC(C)(C)C. The van der Waals surface area contributed by atoms with E-state index in [1.165, 1.54) is 12.3 Å². The number of alkyl halides is 3. The summed E-state index contributed by atoms with van der Waals surface area (Å²) in [6.07, 6.45) is -1.94. The van der Waals surface area contributed by atoms with Crippen LogP contribution in [0.15, 0.2) is 18.3 Å². The quantitative estimate of drug-likeness (QED) is 0.642. The summed E-state index contributed by atoms with van der Waals surface area (Å²) < 4.78 is 50.2. The van der Waals surface area contributed by atoms with Crippen LogP contribution in [-0.2, 0) is 15.7 Å². The van der Waals surface area contributed by atoms with Gasteiger partial charge >= 0.3 is 12.3 Å². The topological polar surface area (TPSA) is 80.8 Å². The van der Waals surface area contributed by atoms with Crippen LogP contribution in [0.1, 0.15) is 66.4 Å². The van der Waals surface area contributed by atoms with Gasteiger partial charge in [-0.15, -0.1) is 0 Å². The van der Waals surface area contributed by atoms with Crippen molar-refractivity contribution in [3.8, 4) is 5.88 Å². The van der Waals surface area contributed by atoms with Crippen LogP contribution in [0.25, 0.3) is 0 Å². The summed E-state index contributed by atoms with van der Waals surface area (Å²) in [7, 11) is 0. The summed E-state index contributed by atoms with van der Waals surface area (Å²) in [4.78, 5) is 30.8. The molecule has 1 saturated heterocycles. The van der Waals surface area contributed by atoms with Gasteiger partial charge in [-0.3, -0.25) is 4.79 Å². The largest absolute Gasteiger partial charge is 0.476 e. The highest BCUT2D eigenvalue weighted by Gasteiger charge is 2.38. The zero-order valence-corrected chi connectivity index (χ0v) is 20.1. The summed E-state index contributed by atoms with van der Waals surface area (Å²) >= 11 is 0. The smallest absolute Gasteiger partial charge is 0.421 e. The Hall–Kier alpha value is -2.52. The van der Waals surface area contributed by atoms with Crippen molar-refractivity contribution in [1.82, 2.24) is 15.2 Å². The summed E-state index contributed by atoms with van der Waals surface area (Å²) in [6.45, 7) is 10.8. The van der Waals surface area contributed by atoms with Crippen molar-refractivity contribution in [3.63, 3.8) is 0 Å². The van der Waals surface area contributed by atoms with Gasteiger partial charge in [-0.05, 0) is 66.0 Å². The molecule has 2 amide bonds. The molecule has 0 radical (unpaired) electrons. The third-order valence-corrected chi connectivity index (χ3v) is 5.41. The van der Waals surface area contributed by atoms with Crippen molar-refractivity contribution in [2.24, 2.45) is 5.41 Å². The van der Waals surface area contributed by atoms with E-state index < -0.39 is 28.6 Å². The second-order valence-electron chi connectivity index (χ2n) is 9.96. The number of pyridine rings is 1. The normalized spacial score (nSPS) is 19.7. The van der Waals surface area contributed by atoms with E-state index in [2.05, 4.69) is 10.3 Å². The molecule has 1 aromatic rings. The lowest BCUT2D eigenvalue weighted by Gasteiger charge is -2.40. The molecule has 1 N–H and O–H groups in total. The van der Waals surface area contributed by atoms with E-state index in [1.807, 2.05) is 27.7 Å². The standard InChI is InChI=1S/C23H34F3N3O4/c1-7-16-13-15(10-12-29(16)20(31)33-21(2,3)4)28-19(30)22(5,6)14-32-18-17(23(24,25)26)9-8-11-27-18/h8-9,11,15-16H,7,10,12-14H2,1-6H3,(H,28,30). The summed E-state index contributed by atoms with van der Waals surface area (Å²) in [5, 5.41) is 2.97. The average molecular weight is 474 g/mol. The molecule has 1 aliphatic heterocycles. The van der Waals surface area contributed by atoms with E-state index in [0.717, 1.165) is 6.07 Å². The lowest BCUT2D eigenvalue weighted by molar-refractivity contribution is -0.139. The molecule has 0 saturated carbocycles. The summed E-state index contributed by atoms with van der Waals surface area (Å²) in [6, 6.07) is 1.82. The van der Waals surface area contributed by atoms with E-state index in [1.54, 1.807) is 18.7 Å². The second-order valence-corrected chi connectivity index (χ2v) is 9.96. The molecule has 33 heavy (non-hydrogen) atoms. The van der Waals surface area contributed by atoms with E-state index >= 15 is 0 Å². The van der Waals surface area contributed by atoms with Gasteiger partial charge in [0.05, 0.1) is 5.41 Å². The highest BCUT2D eigenvalue weighted by atomic mass is 19.4. The number of carbonyl (C=O) groups is 2. The third kappa shape index (κ3) is 7.50. The predicted octanol–water partition coefficient (Wildman–Crippen LogP) is 4.80. The second kappa shape index (κ2) is 10.2. The zero-order valence-electron chi connectivity index (χ0n) is 20.1. The molecule has 1 fully saturated rings. The monoisotopic (exact) mass is 473 g/mol. The lowest BCUT2D eigenvalue weighted by atomic mass is 9.90. The van der Waals surface area contributed by atoms with Crippen LogP contribution in [0.4, 0.5) is 18.0 Å². The molecular formula is C23H34F3N3O4. The summed E-state index contributed by atoms with van der Waals surface area (Å²) in [5.74, 6) is -0.889. The highest BCUT2D eigenvalue weighted by molar-refractivity contribution is 5.82. The molecule has 7 nitrogen and oxygen atoms in total. The first kappa shape index (κ1) is 26.7. The zero-order chi connectivity index (χ0) is 25.0. The van der Waals surface area contributed by atoms with Gasteiger partial charge in [0.25, 0.3) is 0 Å². The molecule has 0 aliphatic carbocycles. The van der Waals surface area contributed by atoms with Crippen molar-refractivity contribution >= 4 is 12.0 Å². The number of piperidine rings is 1. The van der Waals surface area contributed by atoms with Crippen LogP contribution in [0.2, 0.25) is 0 Å². The number of hydrogen-bond donors (Lipinski definition) is 1. The average Bonchev–Trinajstić information content (AvgIpc) is 2.70. The molecule has 2 rings (SSSR count). The molecule has 2 unspecified atom stereocenters. The molecule has 0 bridgehead atoms. The molecule has 0 spiro atoms. The van der Waals surface area contributed by atoms with E-state index in [9.17, 15) is 22.8 Å². The molecule has 0 aromatic carbocycles. The number of hydrogen-bond acceptors (Lipinski definition) is 5. The predicted molar refractivity (Wildman–Crippen MR) is 117 cm³/mol. The van der Waals surface area contributed by atoms with Crippen molar-refractivity contribution in [2.75, 3.05) is 13.2 Å². The first-order valence-electron chi connectivity index (χ1n) is 11.1. The van der Waals surface area contributed by atoms with Gasteiger partial charge < -0.3 is 19.7 Å². The Labute approximate surface area is 193 Å². The Balaban J connectivity index is 1.97. The van der Waals surface area contributed by atoms with E-state index in [-0.39, 0.29) is 30.7 Å². The first-order chi connectivity index (χ1) is 15.1. The van der Waals surface area contributed by atoms with Gasteiger partial charge in [-0.2, -0.15) is 13.2 Å². The Morgan fingerprint density at radius 3 is 2.45 bits per heavy atom. The number of halogens is 3. The van der Waals surface area contributed by atoms with Crippen LogP contribution in [0.5, 0.6) is 5.88 Å². The van der Waals surface area contributed by atoms with Crippen LogP contribution in [0.3, 0.4) is 0 Å². The Morgan fingerprint density at radius 1 is 1.21 bits per heavy atom. The van der Waals surface area contributed by atoms with Crippen molar-refractivity contribution in [3.05, 3.63) is 23.9 Å². The van der Waals surface area contributed by atoms with Crippen LogP contribution < -0.4 is 10.1 Å². The third-order valence-electron chi connectivity index (χ3n) is 5.41. The van der Waals surface area contributed by atoms with Gasteiger partial charge in [-0.25, -0.2) is 9.78 Å². The molecule has 2 heterocycles. The molecule has 1 aliphatic rings. The maximum Gasteiger partial charge on any atom is 0.421 e. The van der Waals surface area contributed by atoms with Crippen molar-refractivity contribution in [1.29, 1.82) is 0 Å². The van der Waals surface area contributed by atoms with Crippen molar-refractivity contribution in [2.45, 2.75) is 84.7 Å². The maximum absolute atomic E-state index is 13.1.